The van der Waals surface area contributed by atoms with Gasteiger partial charge >= 0.3 is 0 Å². The van der Waals surface area contributed by atoms with Crippen molar-refractivity contribution in [3.63, 3.8) is 0 Å². The zero-order valence-corrected chi connectivity index (χ0v) is 13.4. The maximum Gasteiger partial charge on any atom is 0.244 e. The molecule has 118 valence electrons. The highest BCUT2D eigenvalue weighted by atomic mass is 32.2. The average molecular weight is 327 g/mol. The molecular formula is C18H17NO3S. The minimum Gasteiger partial charge on any atom is -0.372 e. The highest BCUT2D eigenvalue weighted by molar-refractivity contribution is 7.89. The second-order valence-electron chi connectivity index (χ2n) is 5.23. The molecule has 0 N–H and O–H groups in total. The molecule has 0 amide bonds. The van der Waals surface area contributed by atoms with Gasteiger partial charge in [-0.3, -0.25) is 0 Å². The number of hydrogen-bond acceptors (Lipinski definition) is 3. The van der Waals surface area contributed by atoms with E-state index in [0.717, 1.165) is 5.56 Å². The Labute approximate surface area is 136 Å². The second kappa shape index (κ2) is 6.97. The molecule has 0 aromatic heterocycles. The Kier molecular flexibility index (Phi) is 4.77. The van der Waals surface area contributed by atoms with Gasteiger partial charge in [-0.1, -0.05) is 48.2 Å². The topological polar surface area (TPSA) is 49.9 Å². The van der Waals surface area contributed by atoms with Crippen molar-refractivity contribution in [3.8, 4) is 11.8 Å². The maximum atomic E-state index is 12.7. The SMILES string of the molecule is O=S(=O)(c1ccccc1)N(CC#Cc1ccccc1)CC1CO1. The Hall–Kier alpha value is -2.13. The quantitative estimate of drug-likeness (QED) is 0.624. The van der Waals surface area contributed by atoms with Crippen molar-refractivity contribution in [2.24, 2.45) is 0 Å². The Morgan fingerprint density at radius 3 is 2.26 bits per heavy atom. The summed E-state index contributed by atoms with van der Waals surface area (Å²) in [4.78, 5) is 0.280. The lowest BCUT2D eigenvalue weighted by Crippen LogP contribution is -2.34. The number of rotatable bonds is 5. The van der Waals surface area contributed by atoms with E-state index in [2.05, 4.69) is 11.8 Å². The van der Waals surface area contributed by atoms with Crippen molar-refractivity contribution < 1.29 is 13.2 Å². The Morgan fingerprint density at radius 2 is 1.65 bits per heavy atom. The highest BCUT2D eigenvalue weighted by Gasteiger charge is 2.32. The highest BCUT2D eigenvalue weighted by Crippen LogP contribution is 2.19. The van der Waals surface area contributed by atoms with E-state index in [-0.39, 0.29) is 17.5 Å². The summed E-state index contributed by atoms with van der Waals surface area (Å²) in [5.41, 5.74) is 0.868. The van der Waals surface area contributed by atoms with Crippen LogP contribution in [0.15, 0.2) is 65.6 Å². The maximum absolute atomic E-state index is 12.7. The number of hydrogen-bond donors (Lipinski definition) is 0. The monoisotopic (exact) mass is 327 g/mol. The zero-order valence-electron chi connectivity index (χ0n) is 12.6. The van der Waals surface area contributed by atoms with Crippen molar-refractivity contribution >= 4 is 10.0 Å². The molecular weight excluding hydrogens is 310 g/mol. The number of epoxide rings is 1. The predicted molar refractivity (Wildman–Crippen MR) is 88.3 cm³/mol. The van der Waals surface area contributed by atoms with Crippen molar-refractivity contribution in [3.05, 3.63) is 66.2 Å². The molecule has 1 aliphatic heterocycles. The Morgan fingerprint density at radius 1 is 1.04 bits per heavy atom. The molecule has 4 nitrogen and oxygen atoms in total. The molecule has 0 spiro atoms. The fourth-order valence-corrected chi connectivity index (χ4v) is 3.54. The lowest BCUT2D eigenvalue weighted by molar-refractivity contribution is 0.350. The minimum atomic E-state index is -3.56. The smallest absolute Gasteiger partial charge is 0.244 e. The van der Waals surface area contributed by atoms with Crippen molar-refractivity contribution in [2.75, 3.05) is 19.7 Å². The summed E-state index contributed by atoms with van der Waals surface area (Å²) in [7, 11) is -3.56. The molecule has 3 rings (SSSR count). The lowest BCUT2D eigenvalue weighted by Gasteiger charge is -2.18. The molecule has 0 radical (unpaired) electrons. The molecule has 1 fully saturated rings. The van der Waals surface area contributed by atoms with Gasteiger partial charge in [0.2, 0.25) is 10.0 Å². The first-order valence-corrected chi connectivity index (χ1v) is 8.81. The van der Waals surface area contributed by atoms with E-state index in [1.807, 2.05) is 30.3 Å². The third kappa shape index (κ3) is 4.20. The fraction of sp³-hybridized carbons (Fsp3) is 0.222. The Bertz CT molecular complexity index is 804. The van der Waals surface area contributed by atoms with E-state index in [4.69, 9.17) is 4.74 Å². The summed E-state index contributed by atoms with van der Waals surface area (Å²) in [5, 5.41) is 0. The van der Waals surface area contributed by atoms with Crippen molar-refractivity contribution in [2.45, 2.75) is 11.0 Å². The minimum absolute atomic E-state index is 0.0213. The van der Waals surface area contributed by atoms with Crippen LogP contribution in [0.4, 0.5) is 0 Å². The first kappa shape index (κ1) is 15.8. The van der Waals surface area contributed by atoms with E-state index >= 15 is 0 Å². The molecule has 5 heteroatoms. The average Bonchev–Trinajstić information content (AvgIpc) is 3.40. The standard InChI is InChI=1S/C18H17NO3S/c20-23(21,18-11-5-2-6-12-18)19(14-17-15-22-17)13-7-10-16-8-3-1-4-9-16/h1-6,8-9,11-12,17H,13-15H2. The van der Waals surface area contributed by atoms with Gasteiger partial charge in [0.1, 0.15) is 0 Å². The molecule has 0 bridgehead atoms. The molecule has 1 heterocycles. The van der Waals surface area contributed by atoms with Crippen LogP contribution in [-0.4, -0.2) is 38.5 Å². The first-order valence-electron chi connectivity index (χ1n) is 7.37. The first-order chi connectivity index (χ1) is 11.2. The van der Waals surface area contributed by atoms with Gasteiger partial charge in [-0.15, -0.1) is 0 Å². The van der Waals surface area contributed by atoms with Crippen LogP contribution >= 0.6 is 0 Å². The summed E-state index contributed by atoms with van der Waals surface area (Å²) in [6.07, 6.45) is -0.0213. The Balaban J connectivity index is 1.79. The van der Waals surface area contributed by atoms with Crippen LogP contribution in [-0.2, 0) is 14.8 Å². The van der Waals surface area contributed by atoms with Crippen molar-refractivity contribution in [1.29, 1.82) is 0 Å². The predicted octanol–water partition coefficient (Wildman–Crippen LogP) is 2.13. The van der Waals surface area contributed by atoms with E-state index in [9.17, 15) is 8.42 Å². The van der Waals surface area contributed by atoms with Crippen LogP contribution in [0.5, 0.6) is 0 Å². The molecule has 1 atom stereocenters. The van der Waals surface area contributed by atoms with Crippen LogP contribution in [0.3, 0.4) is 0 Å². The molecule has 2 aromatic carbocycles. The van der Waals surface area contributed by atoms with Crippen LogP contribution < -0.4 is 0 Å². The lowest BCUT2D eigenvalue weighted by atomic mass is 10.2. The number of sulfonamides is 1. The van der Waals surface area contributed by atoms with Gasteiger partial charge in [0, 0.05) is 12.1 Å². The van der Waals surface area contributed by atoms with Gasteiger partial charge in [-0.25, -0.2) is 8.42 Å². The zero-order chi connectivity index (χ0) is 16.1. The molecule has 0 saturated carbocycles. The number of ether oxygens (including phenoxy) is 1. The summed E-state index contributed by atoms with van der Waals surface area (Å²) >= 11 is 0. The molecule has 1 saturated heterocycles. The molecule has 1 unspecified atom stereocenters. The van der Waals surface area contributed by atoms with Gasteiger partial charge < -0.3 is 4.74 Å². The van der Waals surface area contributed by atoms with Crippen LogP contribution in [0, 0.1) is 11.8 Å². The van der Waals surface area contributed by atoms with E-state index in [0.29, 0.717) is 13.2 Å². The van der Waals surface area contributed by atoms with E-state index in [1.165, 1.54) is 4.31 Å². The third-order valence-corrected chi connectivity index (χ3v) is 5.28. The normalized spacial score (nSPS) is 16.7. The van der Waals surface area contributed by atoms with Gasteiger partial charge in [-0.05, 0) is 24.3 Å². The van der Waals surface area contributed by atoms with Crippen molar-refractivity contribution in [1.82, 2.24) is 4.31 Å². The van der Waals surface area contributed by atoms with Gasteiger partial charge in [0.15, 0.2) is 0 Å². The van der Waals surface area contributed by atoms with Crippen LogP contribution in [0.25, 0.3) is 0 Å². The van der Waals surface area contributed by atoms with Gasteiger partial charge in [-0.2, -0.15) is 4.31 Å². The van der Waals surface area contributed by atoms with E-state index < -0.39 is 10.0 Å². The van der Waals surface area contributed by atoms with Crippen LogP contribution in [0.2, 0.25) is 0 Å². The summed E-state index contributed by atoms with van der Waals surface area (Å²) in [6, 6.07) is 17.9. The third-order valence-electron chi connectivity index (χ3n) is 3.45. The summed E-state index contributed by atoms with van der Waals surface area (Å²) < 4.78 is 32.0. The summed E-state index contributed by atoms with van der Waals surface area (Å²) in [6.45, 7) is 1.08. The second-order valence-corrected chi connectivity index (χ2v) is 7.17. The molecule has 1 aliphatic rings. The number of nitrogens with zero attached hydrogens (tertiary/aromatic N) is 1. The van der Waals surface area contributed by atoms with Crippen LogP contribution in [0.1, 0.15) is 5.56 Å². The van der Waals surface area contributed by atoms with Gasteiger partial charge in [0.25, 0.3) is 0 Å². The largest absolute Gasteiger partial charge is 0.372 e. The molecule has 2 aromatic rings. The molecule has 0 aliphatic carbocycles. The molecule has 23 heavy (non-hydrogen) atoms. The summed E-state index contributed by atoms with van der Waals surface area (Å²) in [5.74, 6) is 5.95. The van der Waals surface area contributed by atoms with Gasteiger partial charge in [0.05, 0.1) is 24.2 Å². The van der Waals surface area contributed by atoms with E-state index in [1.54, 1.807) is 30.3 Å². The fourth-order valence-electron chi connectivity index (χ4n) is 2.14. The number of benzene rings is 2.